The number of nitrogens with zero attached hydrogens (tertiary/aromatic N) is 2. The summed E-state index contributed by atoms with van der Waals surface area (Å²) < 4.78 is 23.1. The van der Waals surface area contributed by atoms with Gasteiger partial charge in [-0.2, -0.15) is 0 Å². The number of thiazole rings is 1. The SMILES string of the molecule is CN(C(=O)c1csc(Cc2ccccc2)n1)C1CCS(=O)(=O)C1. The van der Waals surface area contributed by atoms with E-state index in [1.54, 1.807) is 12.4 Å². The van der Waals surface area contributed by atoms with Crippen molar-refractivity contribution >= 4 is 27.1 Å². The molecule has 7 heteroatoms. The van der Waals surface area contributed by atoms with Gasteiger partial charge < -0.3 is 4.90 Å². The van der Waals surface area contributed by atoms with Crippen LogP contribution < -0.4 is 0 Å². The first kappa shape index (κ1) is 16.1. The number of carbonyl (C=O) groups is 1. The lowest BCUT2D eigenvalue weighted by Crippen LogP contribution is -2.38. The molecule has 0 saturated carbocycles. The summed E-state index contributed by atoms with van der Waals surface area (Å²) in [4.78, 5) is 18.4. The van der Waals surface area contributed by atoms with E-state index >= 15 is 0 Å². The number of amides is 1. The molecule has 0 N–H and O–H groups in total. The smallest absolute Gasteiger partial charge is 0.273 e. The summed E-state index contributed by atoms with van der Waals surface area (Å²) in [6.45, 7) is 0. The van der Waals surface area contributed by atoms with Gasteiger partial charge in [0.25, 0.3) is 5.91 Å². The number of sulfone groups is 1. The van der Waals surface area contributed by atoms with E-state index in [4.69, 9.17) is 0 Å². The number of hydrogen-bond donors (Lipinski definition) is 0. The largest absolute Gasteiger partial charge is 0.336 e. The van der Waals surface area contributed by atoms with Gasteiger partial charge in [-0.05, 0) is 12.0 Å². The summed E-state index contributed by atoms with van der Waals surface area (Å²) in [5, 5.41) is 2.63. The van der Waals surface area contributed by atoms with Crippen LogP contribution in [0.5, 0.6) is 0 Å². The quantitative estimate of drug-likeness (QED) is 0.846. The second kappa shape index (κ2) is 6.41. The van der Waals surface area contributed by atoms with Crippen molar-refractivity contribution in [3.05, 3.63) is 52.0 Å². The van der Waals surface area contributed by atoms with Gasteiger partial charge >= 0.3 is 0 Å². The molecule has 1 atom stereocenters. The minimum Gasteiger partial charge on any atom is -0.336 e. The highest BCUT2D eigenvalue weighted by Gasteiger charge is 2.33. The third-order valence-electron chi connectivity index (χ3n) is 4.05. The Labute approximate surface area is 139 Å². The van der Waals surface area contributed by atoms with Crippen molar-refractivity contribution in [1.29, 1.82) is 0 Å². The highest BCUT2D eigenvalue weighted by atomic mass is 32.2. The van der Waals surface area contributed by atoms with Crippen molar-refractivity contribution in [3.63, 3.8) is 0 Å². The van der Waals surface area contributed by atoms with Crippen LogP contribution in [0.3, 0.4) is 0 Å². The Morgan fingerprint density at radius 3 is 2.74 bits per heavy atom. The average molecular weight is 350 g/mol. The molecule has 0 aliphatic carbocycles. The van der Waals surface area contributed by atoms with Crippen LogP contribution in [-0.4, -0.2) is 48.8 Å². The topological polar surface area (TPSA) is 67.3 Å². The molecular weight excluding hydrogens is 332 g/mol. The van der Waals surface area contributed by atoms with Crippen LogP contribution in [0.1, 0.15) is 27.5 Å². The maximum Gasteiger partial charge on any atom is 0.273 e. The Morgan fingerprint density at radius 2 is 2.09 bits per heavy atom. The van der Waals surface area contributed by atoms with Gasteiger partial charge in [0.05, 0.1) is 16.5 Å². The molecule has 2 heterocycles. The predicted molar refractivity (Wildman–Crippen MR) is 90.5 cm³/mol. The van der Waals surface area contributed by atoms with Crippen molar-refractivity contribution in [2.75, 3.05) is 18.6 Å². The lowest BCUT2D eigenvalue weighted by Gasteiger charge is -2.22. The van der Waals surface area contributed by atoms with E-state index in [0.29, 0.717) is 18.5 Å². The van der Waals surface area contributed by atoms with E-state index in [9.17, 15) is 13.2 Å². The standard InChI is InChI=1S/C16H18N2O3S2/c1-18(13-7-8-23(20,21)11-13)16(19)14-10-22-15(17-14)9-12-5-3-2-4-6-12/h2-6,10,13H,7-9,11H2,1H3. The molecule has 1 saturated heterocycles. The molecule has 1 fully saturated rings. The first-order chi connectivity index (χ1) is 10.9. The Hall–Kier alpha value is -1.73. The van der Waals surface area contributed by atoms with Crippen molar-refractivity contribution in [3.8, 4) is 0 Å². The zero-order chi connectivity index (χ0) is 16.4. The molecule has 2 aromatic rings. The van der Waals surface area contributed by atoms with Gasteiger partial charge in [-0.1, -0.05) is 30.3 Å². The van der Waals surface area contributed by atoms with Crippen LogP contribution in [0.2, 0.25) is 0 Å². The van der Waals surface area contributed by atoms with Crippen LogP contribution in [0.15, 0.2) is 35.7 Å². The molecule has 1 amide bonds. The molecule has 3 rings (SSSR count). The van der Waals surface area contributed by atoms with Crippen molar-refractivity contribution in [2.24, 2.45) is 0 Å². The number of carbonyl (C=O) groups excluding carboxylic acids is 1. The van der Waals surface area contributed by atoms with E-state index in [1.807, 2.05) is 30.3 Å². The van der Waals surface area contributed by atoms with Gasteiger partial charge in [-0.3, -0.25) is 4.79 Å². The molecule has 1 aromatic carbocycles. The van der Waals surface area contributed by atoms with Crippen molar-refractivity contribution < 1.29 is 13.2 Å². The molecule has 1 unspecified atom stereocenters. The van der Waals surface area contributed by atoms with Crippen LogP contribution in [0, 0.1) is 0 Å². The van der Waals surface area contributed by atoms with E-state index in [1.165, 1.54) is 16.2 Å². The summed E-state index contributed by atoms with van der Waals surface area (Å²) in [7, 11) is -1.35. The third kappa shape index (κ3) is 3.79. The Morgan fingerprint density at radius 1 is 1.35 bits per heavy atom. The number of rotatable bonds is 4. The highest BCUT2D eigenvalue weighted by Crippen LogP contribution is 2.20. The van der Waals surface area contributed by atoms with Crippen LogP contribution >= 0.6 is 11.3 Å². The summed E-state index contributed by atoms with van der Waals surface area (Å²) >= 11 is 1.46. The highest BCUT2D eigenvalue weighted by molar-refractivity contribution is 7.91. The zero-order valence-corrected chi connectivity index (χ0v) is 14.4. The van der Waals surface area contributed by atoms with Crippen molar-refractivity contribution in [1.82, 2.24) is 9.88 Å². The van der Waals surface area contributed by atoms with Gasteiger partial charge in [0.1, 0.15) is 5.69 Å². The summed E-state index contributed by atoms with van der Waals surface area (Å²) in [6.07, 6.45) is 1.20. The molecule has 1 aromatic heterocycles. The molecular formula is C16H18N2O3S2. The van der Waals surface area contributed by atoms with E-state index in [-0.39, 0.29) is 23.5 Å². The minimum atomic E-state index is -3.00. The van der Waals surface area contributed by atoms with Gasteiger partial charge in [-0.25, -0.2) is 13.4 Å². The second-order valence-electron chi connectivity index (χ2n) is 5.76. The maximum atomic E-state index is 12.5. The molecule has 0 spiro atoms. The summed E-state index contributed by atoms with van der Waals surface area (Å²) in [6, 6.07) is 9.72. The van der Waals surface area contributed by atoms with Crippen LogP contribution in [0.25, 0.3) is 0 Å². The lowest BCUT2D eigenvalue weighted by molar-refractivity contribution is 0.0742. The summed E-state index contributed by atoms with van der Waals surface area (Å²) in [5.74, 6) is 0.00431. The molecule has 1 aliphatic rings. The predicted octanol–water partition coefficient (Wildman–Crippen LogP) is 1.99. The van der Waals surface area contributed by atoms with Crippen LogP contribution in [0.4, 0.5) is 0 Å². The first-order valence-electron chi connectivity index (χ1n) is 7.40. The van der Waals surface area contributed by atoms with E-state index in [2.05, 4.69) is 4.98 Å². The fourth-order valence-corrected chi connectivity index (χ4v) is 5.26. The number of benzene rings is 1. The second-order valence-corrected chi connectivity index (χ2v) is 8.93. The fraction of sp³-hybridized carbons (Fsp3) is 0.375. The number of hydrogen-bond acceptors (Lipinski definition) is 5. The Kier molecular flexibility index (Phi) is 4.50. The molecule has 23 heavy (non-hydrogen) atoms. The molecule has 122 valence electrons. The zero-order valence-electron chi connectivity index (χ0n) is 12.8. The molecule has 1 aliphatic heterocycles. The summed E-state index contributed by atoms with van der Waals surface area (Å²) in [5.41, 5.74) is 1.55. The normalized spacial score (nSPS) is 19.6. The molecule has 0 bridgehead atoms. The monoisotopic (exact) mass is 350 g/mol. The lowest BCUT2D eigenvalue weighted by atomic mass is 10.2. The molecule has 0 radical (unpaired) electrons. The minimum absolute atomic E-state index is 0.0518. The van der Waals surface area contributed by atoms with E-state index < -0.39 is 9.84 Å². The maximum absolute atomic E-state index is 12.5. The fourth-order valence-electron chi connectivity index (χ4n) is 2.69. The first-order valence-corrected chi connectivity index (χ1v) is 10.1. The average Bonchev–Trinajstić information content (AvgIpc) is 3.13. The van der Waals surface area contributed by atoms with Gasteiger partial charge in [0, 0.05) is 24.9 Å². The Balaban J connectivity index is 1.69. The molecule has 5 nitrogen and oxygen atoms in total. The van der Waals surface area contributed by atoms with Crippen LogP contribution in [-0.2, 0) is 16.3 Å². The van der Waals surface area contributed by atoms with Crippen molar-refractivity contribution in [2.45, 2.75) is 18.9 Å². The van der Waals surface area contributed by atoms with Gasteiger partial charge in [0.15, 0.2) is 9.84 Å². The van der Waals surface area contributed by atoms with Gasteiger partial charge in [-0.15, -0.1) is 11.3 Å². The van der Waals surface area contributed by atoms with Gasteiger partial charge in [0.2, 0.25) is 0 Å². The van der Waals surface area contributed by atoms with E-state index in [0.717, 1.165) is 10.6 Å². The Bertz CT molecular complexity index is 800. The third-order valence-corrected chi connectivity index (χ3v) is 6.64. The number of aromatic nitrogens is 1.